The first kappa shape index (κ1) is 10.4. The van der Waals surface area contributed by atoms with Crippen molar-refractivity contribution in [2.45, 2.75) is 12.8 Å². The molecule has 0 aliphatic carbocycles. The summed E-state index contributed by atoms with van der Waals surface area (Å²) in [4.78, 5) is 20.8. The first-order valence-corrected chi connectivity index (χ1v) is 4.09. The lowest BCUT2D eigenvalue weighted by molar-refractivity contribution is -0.136. The molecule has 4 heteroatoms. The number of halogens is 1. The number of aliphatic carboxylic acids is 1. The van der Waals surface area contributed by atoms with Crippen LogP contribution in [-0.4, -0.2) is 17.4 Å². The van der Waals surface area contributed by atoms with Gasteiger partial charge in [-0.25, -0.2) is 4.39 Å². The zero-order valence-corrected chi connectivity index (χ0v) is 7.37. The molecular weight excluding hydrogens is 187 g/mol. The van der Waals surface area contributed by atoms with E-state index in [0.29, 0.717) is 17.4 Å². The zero-order valence-electron chi connectivity index (χ0n) is 7.37. The van der Waals surface area contributed by atoms with Gasteiger partial charge in [-0.15, -0.1) is 0 Å². The maximum Gasteiger partial charge on any atom is 0.303 e. The van der Waals surface area contributed by atoms with Crippen LogP contribution in [-0.2, 0) is 11.2 Å². The molecule has 0 bridgehead atoms. The minimum absolute atomic E-state index is 0.107. The summed E-state index contributed by atoms with van der Waals surface area (Å²) in [5.41, 5.74) is 0.773. The van der Waals surface area contributed by atoms with E-state index in [-0.39, 0.29) is 12.8 Å². The largest absolute Gasteiger partial charge is 0.481 e. The normalized spacial score (nSPS) is 9.79. The Balaban J connectivity index is 2.87. The summed E-state index contributed by atoms with van der Waals surface area (Å²) in [5.74, 6) is -1.43. The molecule has 0 amide bonds. The maximum absolute atomic E-state index is 12.7. The van der Waals surface area contributed by atoms with Crippen LogP contribution in [0.15, 0.2) is 18.2 Å². The fraction of sp³-hybridized carbons (Fsp3) is 0.200. The number of carboxylic acid groups (broad SMARTS) is 1. The van der Waals surface area contributed by atoms with Crippen molar-refractivity contribution in [1.29, 1.82) is 0 Å². The molecule has 14 heavy (non-hydrogen) atoms. The van der Waals surface area contributed by atoms with Gasteiger partial charge in [0.2, 0.25) is 0 Å². The van der Waals surface area contributed by atoms with Crippen molar-refractivity contribution in [1.82, 2.24) is 0 Å². The molecule has 0 saturated heterocycles. The lowest BCUT2D eigenvalue weighted by atomic mass is 10.0. The van der Waals surface area contributed by atoms with Gasteiger partial charge in [-0.2, -0.15) is 0 Å². The van der Waals surface area contributed by atoms with Crippen molar-refractivity contribution >= 4 is 12.3 Å². The second-order valence-electron chi connectivity index (χ2n) is 2.85. The summed E-state index contributed by atoms with van der Waals surface area (Å²) >= 11 is 0. The number of rotatable bonds is 4. The van der Waals surface area contributed by atoms with Crippen LogP contribution >= 0.6 is 0 Å². The summed E-state index contributed by atoms with van der Waals surface area (Å²) in [6, 6.07) is 3.71. The van der Waals surface area contributed by atoms with Gasteiger partial charge in [0.05, 0.1) is 0 Å². The van der Waals surface area contributed by atoms with Gasteiger partial charge in [-0.1, -0.05) is 0 Å². The molecule has 0 fully saturated rings. The molecule has 0 atom stereocenters. The van der Waals surface area contributed by atoms with Crippen molar-refractivity contribution in [3.63, 3.8) is 0 Å². The smallest absolute Gasteiger partial charge is 0.303 e. The Bertz CT molecular complexity index is 360. The Morgan fingerprint density at radius 1 is 1.50 bits per heavy atom. The molecule has 0 saturated carbocycles. The second kappa shape index (κ2) is 4.50. The number of benzene rings is 1. The monoisotopic (exact) mass is 196 g/mol. The quantitative estimate of drug-likeness (QED) is 0.745. The van der Waals surface area contributed by atoms with Gasteiger partial charge in [-0.3, -0.25) is 9.59 Å². The van der Waals surface area contributed by atoms with E-state index in [1.807, 2.05) is 0 Å². The summed E-state index contributed by atoms with van der Waals surface area (Å²) in [7, 11) is 0. The molecule has 0 spiro atoms. The maximum atomic E-state index is 12.7. The third kappa shape index (κ3) is 2.65. The van der Waals surface area contributed by atoms with E-state index in [1.165, 1.54) is 18.2 Å². The lowest BCUT2D eigenvalue weighted by Gasteiger charge is -2.02. The van der Waals surface area contributed by atoms with Gasteiger partial charge in [0.25, 0.3) is 0 Å². The van der Waals surface area contributed by atoms with E-state index in [9.17, 15) is 14.0 Å². The van der Waals surface area contributed by atoms with Crippen molar-refractivity contribution in [2.75, 3.05) is 0 Å². The SMILES string of the molecule is O=Cc1ccc(F)cc1CCC(=O)O. The highest BCUT2D eigenvalue weighted by Crippen LogP contribution is 2.11. The number of aryl methyl sites for hydroxylation is 1. The number of carbonyl (C=O) groups excluding carboxylic acids is 1. The standard InChI is InChI=1S/C10H9FO3/c11-9-3-1-8(6-12)7(5-9)2-4-10(13)14/h1,3,5-6H,2,4H2,(H,13,14). The van der Waals surface area contributed by atoms with Crippen LogP contribution in [0.5, 0.6) is 0 Å². The highest BCUT2D eigenvalue weighted by molar-refractivity contribution is 5.77. The highest BCUT2D eigenvalue weighted by atomic mass is 19.1. The zero-order chi connectivity index (χ0) is 10.6. The molecule has 0 radical (unpaired) electrons. The van der Waals surface area contributed by atoms with Crippen LogP contribution in [0.1, 0.15) is 22.3 Å². The van der Waals surface area contributed by atoms with Crippen LogP contribution in [0.2, 0.25) is 0 Å². The predicted octanol–water partition coefficient (Wildman–Crippen LogP) is 1.66. The third-order valence-electron chi connectivity index (χ3n) is 1.84. The number of hydrogen-bond donors (Lipinski definition) is 1. The average molecular weight is 196 g/mol. The first-order chi connectivity index (χ1) is 6.63. The molecule has 1 aromatic rings. The van der Waals surface area contributed by atoms with Crippen LogP contribution in [0.3, 0.4) is 0 Å². The Labute approximate surface area is 80.2 Å². The molecule has 0 aliphatic rings. The van der Waals surface area contributed by atoms with E-state index >= 15 is 0 Å². The first-order valence-electron chi connectivity index (χ1n) is 4.09. The van der Waals surface area contributed by atoms with Gasteiger partial charge in [0, 0.05) is 12.0 Å². The Morgan fingerprint density at radius 3 is 2.79 bits per heavy atom. The van der Waals surface area contributed by atoms with E-state index in [1.54, 1.807) is 0 Å². The Morgan fingerprint density at radius 2 is 2.21 bits per heavy atom. The fourth-order valence-corrected chi connectivity index (χ4v) is 1.15. The van der Waals surface area contributed by atoms with E-state index in [0.717, 1.165) is 0 Å². The predicted molar refractivity (Wildman–Crippen MR) is 47.7 cm³/mol. The average Bonchev–Trinajstić information content (AvgIpc) is 2.15. The second-order valence-corrected chi connectivity index (χ2v) is 2.85. The van der Waals surface area contributed by atoms with Gasteiger partial charge >= 0.3 is 5.97 Å². The van der Waals surface area contributed by atoms with E-state index in [2.05, 4.69) is 0 Å². The summed E-state index contributed by atoms with van der Waals surface area (Å²) in [6.07, 6.45) is 0.655. The molecule has 0 heterocycles. The topological polar surface area (TPSA) is 54.4 Å². The molecule has 3 nitrogen and oxygen atoms in total. The molecule has 0 aliphatic heterocycles. The lowest BCUT2D eigenvalue weighted by Crippen LogP contribution is -2.00. The van der Waals surface area contributed by atoms with Gasteiger partial charge in [-0.05, 0) is 30.2 Å². The van der Waals surface area contributed by atoms with Crippen molar-refractivity contribution in [3.8, 4) is 0 Å². The van der Waals surface area contributed by atoms with E-state index < -0.39 is 11.8 Å². The van der Waals surface area contributed by atoms with Crippen molar-refractivity contribution < 1.29 is 19.1 Å². The summed E-state index contributed by atoms with van der Waals surface area (Å²) in [6.45, 7) is 0. The fourth-order valence-electron chi connectivity index (χ4n) is 1.15. The van der Waals surface area contributed by atoms with Crippen LogP contribution in [0.25, 0.3) is 0 Å². The minimum atomic E-state index is -0.967. The highest BCUT2D eigenvalue weighted by Gasteiger charge is 2.05. The van der Waals surface area contributed by atoms with Crippen LogP contribution in [0, 0.1) is 5.82 Å². The summed E-state index contributed by atoms with van der Waals surface area (Å²) < 4.78 is 12.7. The molecular formula is C10H9FO3. The van der Waals surface area contributed by atoms with Gasteiger partial charge < -0.3 is 5.11 Å². The number of aldehydes is 1. The van der Waals surface area contributed by atoms with Crippen LogP contribution < -0.4 is 0 Å². The molecule has 1 N–H and O–H groups in total. The third-order valence-corrected chi connectivity index (χ3v) is 1.84. The van der Waals surface area contributed by atoms with Crippen molar-refractivity contribution in [2.24, 2.45) is 0 Å². The van der Waals surface area contributed by atoms with E-state index in [4.69, 9.17) is 5.11 Å². The summed E-state index contributed by atoms with van der Waals surface area (Å²) in [5, 5.41) is 8.43. The minimum Gasteiger partial charge on any atom is -0.481 e. The molecule has 0 aromatic heterocycles. The molecule has 74 valence electrons. The molecule has 1 aromatic carbocycles. The Hall–Kier alpha value is -1.71. The Kier molecular flexibility index (Phi) is 3.34. The van der Waals surface area contributed by atoms with Gasteiger partial charge in [0.15, 0.2) is 0 Å². The van der Waals surface area contributed by atoms with Crippen LogP contribution in [0.4, 0.5) is 4.39 Å². The molecule has 1 rings (SSSR count). The number of carboxylic acids is 1. The molecule has 0 unspecified atom stereocenters. The van der Waals surface area contributed by atoms with Gasteiger partial charge in [0.1, 0.15) is 12.1 Å². The number of hydrogen-bond acceptors (Lipinski definition) is 2. The number of carbonyl (C=O) groups is 2. The van der Waals surface area contributed by atoms with Crippen molar-refractivity contribution in [3.05, 3.63) is 35.1 Å².